The van der Waals surface area contributed by atoms with Crippen LogP contribution in [0.15, 0.2) is 41.5 Å². The maximum atomic E-state index is 11.9. The van der Waals surface area contributed by atoms with Crippen LogP contribution in [0.25, 0.3) is 0 Å². The molecule has 0 saturated heterocycles. The van der Waals surface area contributed by atoms with Crippen LogP contribution in [0.1, 0.15) is 18.4 Å². The van der Waals surface area contributed by atoms with Crippen molar-refractivity contribution in [3.8, 4) is 17.2 Å². The highest BCUT2D eigenvalue weighted by Crippen LogP contribution is 2.37. The molecule has 29 heavy (non-hydrogen) atoms. The molecule has 0 heterocycles. The molecule has 0 aliphatic rings. The van der Waals surface area contributed by atoms with Crippen LogP contribution in [-0.4, -0.2) is 39.4 Å². The molecule has 0 aliphatic carbocycles. The van der Waals surface area contributed by atoms with Gasteiger partial charge in [0.2, 0.25) is 17.6 Å². The number of anilines is 1. The molecule has 2 rings (SSSR count). The van der Waals surface area contributed by atoms with Crippen molar-refractivity contribution in [3.05, 3.63) is 47.0 Å². The second-order valence-corrected chi connectivity index (χ2v) is 6.25. The van der Waals surface area contributed by atoms with Crippen LogP contribution in [0.3, 0.4) is 0 Å². The molecular weight excluding hydrogens is 398 g/mol. The topological polar surface area (TPSA) is 98.2 Å². The van der Waals surface area contributed by atoms with E-state index in [0.29, 0.717) is 33.5 Å². The summed E-state index contributed by atoms with van der Waals surface area (Å²) in [6, 6.07) is 10.1. The quantitative estimate of drug-likeness (QED) is 0.480. The lowest BCUT2D eigenvalue weighted by atomic mass is 10.2. The highest BCUT2D eigenvalue weighted by molar-refractivity contribution is 6.30. The van der Waals surface area contributed by atoms with Crippen LogP contribution in [0.4, 0.5) is 5.69 Å². The molecule has 0 unspecified atom stereocenters. The molecule has 8 nitrogen and oxygen atoms in total. The minimum Gasteiger partial charge on any atom is -0.493 e. The lowest BCUT2D eigenvalue weighted by molar-refractivity contribution is -0.124. The fourth-order valence-corrected chi connectivity index (χ4v) is 2.62. The maximum absolute atomic E-state index is 11.9. The molecule has 2 amide bonds. The first-order valence-electron chi connectivity index (χ1n) is 8.64. The normalized spacial score (nSPS) is 10.5. The number of methoxy groups -OCH3 is 3. The summed E-state index contributed by atoms with van der Waals surface area (Å²) < 4.78 is 15.8. The minimum absolute atomic E-state index is 0.0120. The van der Waals surface area contributed by atoms with Crippen LogP contribution in [-0.2, 0) is 9.59 Å². The summed E-state index contributed by atoms with van der Waals surface area (Å²) in [5.41, 5.74) is 3.59. The van der Waals surface area contributed by atoms with E-state index in [1.54, 1.807) is 36.4 Å². The van der Waals surface area contributed by atoms with Gasteiger partial charge in [-0.25, -0.2) is 5.43 Å². The fraction of sp³-hybridized carbons (Fsp3) is 0.250. The summed E-state index contributed by atoms with van der Waals surface area (Å²) in [6.45, 7) is 0. The highest BCUT2D eigenvalue weighted by Gasteiger charge is 2.12. The zero-order valence-electron chi connectivity index (χ0n) is 16.3. The van der Waals surface area contributed by atoms with Crippen molar-refractivity contribution in [1.82, 2.24) is 5.43 Å². The first-order valence-corrected chi connectivity index (χ1v) is 9.02. The number of benzene rings is 2. The Labute approximate surface area is 173 Å². The zero-order valence-corrected chi connectivity index (χ0v) is 17.1. The van der Waals surface area contributed by atoms with E-state index in [4.69, 9.17) is 25.8 Å². The number of nitrogens with one attached hydrogen (secondary N) is 2. The maximum Gasteiger partial charge on any atom is 0.240 e. The van der Waals surface area contributed by atoms with Crippen molar-refractivity contribution in [2.24, 2.45) is 5.10 Å². The number of carbonyl (C=O) groups excluding carboxylic acids is 2. The van der Waals surface area contributed by atoms with Crippen molar-refractivity contribution >= 4 is 35.3 Å². The molecular formula is C20H22ClN3O5. The van der Waals surface area contributed by atoms with Gasteiger partial charge >= 0.3 is 0 Å². The summed E-state index contributed by atoms with van der Waals surface area (Å²) in [4.78, 5) is 23.8. The van der Waals surface area contributed by atoms with E-state index in [1.165, 1.54) is 27.5 Å². The molecule has 0 atom stereocenters. The van der Waals surface area contributed by atoms with Gasteiger partial charge in [0.05, 0.1) is 27.5 Å². The SMILES string of the molecule is COc1cc(/C=N/NC(=O)CCC(=O)Nc2cccc(Cl)c2)cc(OC)c1OC. The lowest BCUT2D eigenvalue weighted by Crippen LogP contribution is -2.20. The first-order chi connectivity index (χ1) is 14.0. The second kappa shape index (κ2) is 10.9. The van der Waals surface area contributed by atoms with Gasteiger partial charge in [-0.2, -0.15) is 5.10 Å². The second-order valence-electron chi connectivity index (χ2n) is 5.81. The Balaban J connectivity index is 1.87. The number of halogens is 1. The molecule has 0 fully saturated rings. The monoisotopic (exact) mass is 419 g/mol. The van der Waals surface area contributed by atoms with E-state index in [2.05, 4.69) is 15.8 Å². The van der Waals surface area contributed by atoms with Crippen molar-refractivity contribution in [3.63, 3.8) is 0 Å². The third-order valence-corrected chi connectivity index (χ3v) is 4.01. The van der Waals surface area contributed by atoms with E-state index in [1.807, 2.05) is 0 Å². The van der Waals surface area contributed by atoms with Crippen LogP contribution in [0.5, 0.6) is 17.2 Å². The minimum atomic E-state index is -0.394. The molecule has 0 saturated carbocycles. The number of carbonyl (C=O) groups is 2. The van der Waals surface area contributed by atoms with Gasteiger partial charge in [0, 0.05) is 29.1 Å². The van der Waals surface area contributed by atoms with E-state index in [-0.39, 0.29) is 18.7 Å². The highest BCUT2D eigenvalue weighted by atomic mass is 35.5. The van der Waals surface area contributed by atoms with Gasteiger partial charge in [-0.15, -0.1) is 0 Å². The van der Waals surface area contributed by atoms with Crippen molar-refractivity contribution < 1.29 is 23.8 Å². The van der Waals surface area contributed by atoms with E-state index < -0.39 is 5.91 Å². The summed E-state index contributed by atoms with van der Waals surface area (Å²) in [5, 5.41) is 7.09. The van der Waals surface area contributed by atoms with Crippen molar-refractivity contribution in [2.75, 3.05) is 26.6 Å². The van der Waals surface area contributed by atoms with Gasteiger partial charge in [0.25, 0.3) is 0 Å². The molecule has 2 aromatic carbocycles. The van der Waals surface area contributed by atoms with Crippen molar-refractivity contribution in [2.45, 2.75) is 12.8 Å². The Kier molecular flexibility index (Phi) is 8.29. The zero-order chi connectivity index (χ0) is 21.2. The standard InChI is InChI=1S/C20H22ClN3O5/c1-27-16-9-13(10-17(28-2)20(16)29-3)12-22-24-19(26)8-7-18(25)23-15-6-4-5-14(21)11-15/h4-6,9-12H,7-8H2,1-3H3,(H,23,25)(H,24,26)/b22-12+. The Morgan fingerprint density at radius 2 is 1.66 bits per heavy atom. The smallest absolute Gasteiger partial charge is 0.240 e. The number of rotatable bonds is 9. The van der Waals surface area contributed by atoms with Gasteiger partial charge in [-0.05, 0) is 30.3 Å². The molecule has 0 bridgehead atoms. The molecule has 9 heteroatoms. The number of amides is 2. The molecule has 2 N–H and O–H groups in total. The van der Waals surface area contributed by atoms with E-state index in [0.717, 1.165) is 0 Å². The number of nitrogens with zero attached hydrogens (tertiary/aromatic N) is 1. The molecule has 0 spiro atoms. The van der Waals surface area contributed by atoms with E-state index in [9.17, 15) is 9.59 Å². The van der Waals surface area contributed by atoms with Gasteiger partial charge in [0.15, 0.2) is 11.5 Å². The first kappa shape index (κ1) is 22.0. The van der Waals surface area contributed by atoms with E-state index >= 15 is 0 Å². The van der Waals surface area contributed by atoms with Crippen LogP contribution < -0.4 is 25.0 Å². The number of hydrogen-bond acceptors (Lipinski definition) is 6. The molecule has 0 aromatic heterocycles. The van der Waals surface area contributed by atoms with Gasteiger partial charge in [-0.1, -0.05) is 17.7 Å². The summed E-state index contributed by atoms with van der Waals surface area (Å²) in [5.74, 6) is 0.711. The van der Waals surface area contributed by atoms with Crippen LogP contribution in [0, 0.1) is 0 Å². The molecule has 0 radical (unpaired) electrons. The molecule has 154 valence electrons. The van der Waals surface area contributed by atoms with Gasteiger partial charge < -0.3 is 19.5 Å². The van der Waals surface area contributed by atoms with Crippen molar-refractivity contribution in [1.29, 1.82) is 0 Å². The average molecular weight is 420 g/mol. The number of ether oxygens (including phenoxy) is 3. The molecule has 2 aromatic rings. The van der Waals surface area contributed by atoms with Gasteiger partial charge in [0.1, 0.15) is 0 Å². The number of hydrazone groups is 1. The Bertz CT molecular complexity index is 876. The third kappa shape index (κ3) is 6.69. The largest absolute Gasteiger partial charge is 0.493 e. The lowest BCUT2D eigenvalue weighted by Gasteiger charge is -2.12. The summed E-state index contributed by atoms with van der Waals surface area (Å²) >= 11 is 5.86. The summed E-state index contributed by atoms with van der Waals surface area (Å²) in [6.07, 6.45) is 1.44. The Morgan fingerprint density at radius 3 is 2.24 bits per heavy atom. The van der Waals surface area contributed by atoms with Crippen LogP contribution in [0.2, 0.25) is 5.02 Å². The van der Waals surface area contributed by atoms with Gasteiger partial charge in [-0.3, -0.25) is 9.59 Å². The number of hydrogen-bond donors (Lipinski definition) is 2. The summed E-state index contributed by atoms with van der Waals surface area (Å²) in [7, 11) is 4.53. The van der Waals surface area contributed by atoms with Crippen LogP contribution >= 0.6 is 11.6 Å². The predicted molar refractivity (Wildman–Crippen MR) is 111 cm³/mol. The predicted octanol–water partition coefficient (Wildman–Crippen LogP) is 3.23. The average Bonchev–Trinajstić information content (AvgIpc) is 2.71. The third-order valence-electron chi connectivity index (χ3n) is 3.78. The Morgan fingerprint density at radius 1 is 1.00 bits per heavy atom. The molecule has 0 aliphatic heterocycles. The fourth-order valence-electron chi connectivity index (χ4n) is 2.43. The Hall–Kier alpha value is -3.26.